The molecule has 0 amide bonds. The molecular formula is C12H25NO3. The van der Waals surface area contributed by atoms with E-state index < -0.39 is 5.60 Å². The summed E-state index contributed by atoms with van der Waals surface area (Å²) in [6.07, 6.45) is 3.94. The summed E-state index contributed by atoms with van der Waals surface area (Å²) >= 11 is 0. The molecule has 0 radical (unpaired) electrons. The lowest BCUT2D eigenvalue weighted by molar-refractivity contribution is -0.148. The lowest BCUT2D eigenvalue weighted by Crippen LogP contribution is -2.22. The first-order valence-electron chi connectivity index (χ1n) is 5.46. The predicted molar refractivity (Wildman–Crippen MR) is 66.3 cm³/mol. The van der Waals surface area contributed by atoms with Gasteiger partial charge < -0.3 is 15.2 Å². The van der Waals surface area contributed by atoms with E-state index >= 15 is 0 Å². The second-order valence-corrected chi connectivity index (χ2v) is 4.19. The smallest absolute Gasteiger partial charge is 0.330 e. The third kappa shape index (κ3) is 15.6. The van der Waals surface area contributed by atoms with E-state index in [1.54, 1.807) is 0 Å². The van der Waals surface area contributed by atoms with Gasteiger partial charge in [0, 0.05) is 13.2 Å². The number of carbonyl (C=O) groups excluding carboxylic acids is 1. The van der Waals surface area contributed by atoms with Gasteiger partial charge in [-0.25, -0.2) is 4.79 Å². The number of nitrogens with one attached hydrogen (secondary N) is 1. The Kier molecular flexibility index (Phi) is 11.7. The third-order valence-corrected chi connectivity index (χ3v) is 1.53. The molecule has 2 N–H and O–H groups in total. The van der Waals surface area contributed by atoms with Gasteiger partial charge in [-0.05, 0) is 46.7 Å². The fourth-order valence-corrected chi connectivity index (χ4v) is 0.968. The quantitative estimate of drug-likeness (QED) is 0.530. The summed E-state index contributed by atoms with van der Waals surface area (Å²) in [6, 6.07) is 0. The molecule has 1 aliphatic heterocycles. The zero-order valence-corrected chi connectivity index (χ0v) is 10.9. The zero-order chi connectivity index (χ0) is 13.0. The Bertz CT molecular complexity index is 174. The largest absolute Gasteiger partial charge is 0.457 e. The number of hydrogen-bond donors (Lipinski definition) is 2. The molecule has 0 unspecified atom stereocenters. The van der Waals surface area contributed by atoms with Crippen LogP contribution < -0.4 is 5.32 Å². The van der Waals surface area contributed by atoms with Crippen LogP contribution in [0.1, 0.15) is 33.6 Å². The molecule has 1 saturated heterocycles. The summed E-state index contributed by atoms with van der Waals surface area (Å²) in [5.74, 6) is -0.373. The lowest BCUT2D eigenvalue weighted by atomic mass is 10.2. The fourth-order valence-electron chi connectivity index (χ4n) is 0.968. The average molecular weight is 231 g/mol. The van der Waals surface area contributed by atoms with Crippen molar-refractivity contribution in [2.45, 2.75) is 39.2 Å². The molecular weight excluding hydrogens is 206 g/mol. The number of aliphatic hydroxyl groups is 1. The molecule has 1 heterocycles. The van der Waals surface area contributed by atoms with Crippen LogP contribution in [0.4, 0.5) is 0 Å². The molecule has 1 aliphatic rings. The van der Waals surface area contributed by atoms with Crippen LogP contribution in [0, 0.1) is 0 Å². The van der Waals surface area contributed by atoms with E-state index in [0.717, 1.165) is 13.2 Å². The molecule has 0 saturated carbocycles. The van der Waals surface area contributed by atoms with Crippen molar-refractivity contribution >= 4 is 5.97 Å². The van der Waals surface area contributed by atoms with Crippen LogP contribution in [0.3, 0.4) is 0 Å². The van der Waals surface area contributed by atoms with Gasteiger partial charge in [0.2, 0.25) is 0 Å². The number of rotatable bonds is 1. The Balaban J connectivity index is 0. The van der Waals surface area contributed by atoms with Crippen molar-refractivity contribution in [2.75, 3.05) is 20.2 Å². The van der Waals surface area contributed by atoms with E-state index in [9.17, 15) is 4.79 Å². The van der Waals surface area contributed by atoms with Gasteiger partial charge in [-0.15, -0.1) is 0 Å². The molecule has 16 heavy (non-hydrogen) atoms. The van der Waals surface area contributed by atoms with Crippen molar-refractivity contribution in [1.29, 1.82) is 0 Å². The Labute approximate surface area is 98.7 Å². The minimum absolute atomic E-state index is 0.373. The first-order chi connectivity index (χ1) is 7.45. The van der Waals surface area contributed by atoms with Crippen molar-refractivity contribution < 1.29 is 14.6 Å². The van der Waals surface area contributed by atoms with Gasteiger partial charge in [0.1, 0.15) is 5.60 Å². The van der Waals surface area contributed by atoms with Crippen molar-refractivity contribution in [1.82, 2.24) is 5.32 Å². The van der Waals surface area contributed by atoms with Crippen molar-refractivity contribution in [2.24, 2.45) is 0 Å². The summed E-state index contributed by atoms with van der Waals surface area (Å²) in [5.41, 5.74) is -0.398. The number of hydrogen-bond acceptors (Lipinski definition) is 4. The Morgan fingerprint density at radius 2 is 1.75 bits per heavy atom. The van der Waals surface area contributed by atoms with Gasteiger partial charge in [0.15, 0.2) is 0 Å². The second kappa shape index (κ2) is 10.6. The molecule has 0 aromatic heterocycles. The number of aliphatic hydroxyl groups excluding tert-OH is 1. The van der Waals surface area contributed by atoms with Crippen LogP contribution in [-0.4, -0.2) is 36.9 Å². The van der Waals surface area contributed by atoms with E-state index in [1.807, 2.05) is 20.8 Å². The molecule has 4 heteroatoms. The molecule has 0 atom stereocenters. The lowest BCUT2D eigenvalue weighted by Gasteiger charge is -2.17. The van der Waals surface area contributed by atoms with Gasteiger partial charge in [0.25, 0.3) is 0 Å². The topological polar surface area (TPSA) is 58.6 Å². The molecule has 0 aromatic rings. The van der Waals surface area contributed by atoms with Crippen LogP contribution in [0.25, 0.3) is 0 Å². The molecule has 0 aromatic carbocycles. The average Bonchev–Trinajstić information content (AvgIpc) is 2.76. The first-order valence-corrected chi connectivity index (χ1v) is 5.46. The van der Waals surface area contributed by atoms with Crippen LogP contribution in [-0.2, 0) is 9.53 Å². The highest BCUT2D eigenvalue weighted by Crippen LogP contribution is 2.06. The highest BCUT2D eigenvalue weighted by Gasteiger charge is 2.12. The highest BCUT2D eigenvalue weighted by atomic mass is 16.6. The summed E-state index contributed by atoms with van der Waals surface area (Å²) in [6.45, 7) is 11.2. The fraction of sp³-hybridized carbons (Fsp3) is 0.750. The summed E-state index contributed by atoms with van der Waals surface area (Å²) < 4.78 is 4.83. The van der Waals surface area contributed by atoms with E-state index in [4.69, 9.17) is 9.84 Å². The molecule has 96 valence electrons. The van der Waals surface area contributed by atoms with E-state index in [1.165, 1.54) is 25.9 Å². The zero-order valence-electron chi connectivity index (χ0n) is 10.9. The van der Waals surface area contributed by atoms with Crippen molar-refractivity contribution in [3.05, 3.63) is 12.7 Å². The van der Waals surface area contributed by atoms with Gasteiger partial charge in [0.05, 0.1) is 0 Å². The van der Waals surface area contributed by atoms with Crippen LogP contribution >= 0.6 is 0 Å². The SMILES string of the molecule is C1CCNC1.C=CC(=O)OC(C)(C)C.CO. The van der Waals surface area contributed by atoms with Crippen molar-refractivity contribution in [3.63, 3.8) is 0 Å². The monoisotopic (exact) mass is 231 g/mol. The summed E-state index contributed by atoms with van der Waals surface area (Å²) in [4.78, 5) is 10.5. The normalized spacial score (nSPS) is 13.8. The first kappa shape index (κ1) is 17.5. The standard InChI is InChI=1S/C7H12O2.C4H9N.CH4O/c1-5-6(8)9-7(2,3)4;1-2-4-5-3-1;1-2/h5H,1H2,2-4H3;5H,1-4H2;2H,1H3. The Morgan fingerprint density at radius 1 is 1.31 bits per heavy atom. The number of carbonyl (C=O) groups is 1. The maximum Gasteiger partial charge on any atom is 0.330 e. The number of ether oxygens (including phenoxy) is 1. The summed E-state index contributed by atoms with van der Waals surface area (Å²) in [5, 5.41) is 10.2. The van der Waals surface area contributed by atoms with Gasteiger partial charge in [-0.2, -0.15) is 0 Å². The van der Waals surface area contributed by atoms with Crippen LogP contribution in [0.5, 0.6) is 0 Å². The van der Waals surface area contributed by atoms with Gasteiger partial charge in [-0.1, -0.05) is 6.58 Å². The molecule has 0 spiro atoms. The maximum atomic E-state index is 10.5. The van der Waals surface area contributed by atoms with Crippen LogP contribution in [0.2, 0.25) is 0 Å². The highest BCUT2D eigenvalue weighted by molar-refractivity contribution is 5.81. The van der Waals surface area contributed by atoms with E-state index in [0.29, 0.717) is 0 Å². The van der Waals surface area contributed by atoms with E-state index in [2.05, 4.69) is 11.9 Å². The minimum atomic E-state index is -0.398. The molecule has 1 fully saturated rings. The van der Waals surface area contributed by atoms with Crippen molar-refractivity contribution in [3.8, 4) is 0 Å². The Morgan fingerprint density at radius 3 is 1.88 bits per heavy atom. The molecule has 4 nitrogen and oxygen atoms in total. The Hall–Kier alpha value is -0.870. The second-order valence-electron chi connectivity index (χ2n) is 4.19. The minimum Gasteiger partial charge on any atom is -0.457 e. The molecule has 0 bridgehead atoms. The van der Waals surface area contributed by atoms with Gasteiger partial charge in [-0.3, -0.25) is 0 Å². The number of esters is 1. The van der Waals surface area contributed by atoms with E-state index in [-0.39, 0.29) is 5.97 Å². The molecule has 1 rings (SSSR count). The van der Waals surface area contributed by atoms with Crippen LogP contribution in [0.15, 0.2) is 12.7 Å². The summed E-state index contributed by atoms with van der Waals surface area (Å²) in [7, 11) is 1.00. The predicted octanol–water partition coefficient (Wildman–Crippen LogP) is 1.49. The molecule has 0 aliphatic carbocycles. The van der Waals surface area contributed by atoms with Gasteiger partial charge >= 0.3 is 5.97 Å². The third-order valence-electron chi connectivity index (χ3n) is 1.53. The maximum absolute atomic E-state index is 10.5.